The molecule has 4 aromatic rings. The molecule has 1 saturated heterocycles. The average Bonchev–Trinajstić information content (AvgIpc) is 3.38. The molecule has 1 saturated carbocycles. The van der Waals surface area contributed by atoms with Gasteiger partial charge in [-0.1, -0.05) is 29.5 Å². The van der Waals surface area contributed by atoms with Crippen LogP contribution in [-0.2, 0) is 6.61 Å². The number of hydrogen-bond acceptors (Lipinski definition) is 8. The number of anilines is 2. The minimum atomic E-state index is -0.410. The monoisotopic (exact) mass is 526 g/mol. The minimum absolute atomic E-state index is 0.0675. The highest BCUT2D eigenvalue weighted by Gasteiger charge is 2.54. The second-order valence-corrected chi connectivity index (χ2v) is 10.00. The Balaban J connectivity index is 1.24. The molecular formula is C28H23ClN6O3. The zero-order valence-corrected chi connectivity index (χ0v) is 21.2. The molecule has 190 valence electrons. The van der Waals surface area contributed by atoms with Crippen molar-refractivity contribution in [3.63, 3.8) is 0 Å². The maximum Gasteiger partial charge on any atom is 0.285 e. The van der Waals surface area contributed by atoms with Crippen molar-refractivity contribution < 1.29 is 9.66 Å². The van der Waals surface area contributed by atoms with Crippen molar-refractivity contribution in [2.45, 2.75) is 6.61 Å². The fourth-order valence-electron chi connectivity index (χ4n) is 5.02. The number of aromatic nitrogens is 3. The van der Waals surface area contributed by atoms with Crippen LogP contribution in [0.25, 0.3) is 10.9 Å². The van der Waals surface area contributed by atoms with E-state index in [9.17, 15) is 10.1 Å². The van der Waals surface area contributed by atoms with Crippen molar-refractivity contribution in [3.05, 3.63) is 87.4 Å². The van der Waals surface area contributed by atoms with Gasteiger partial charge in [0.05, 0.1) is 21.2 Å². The highest BCUT2D eigenvalue weighted by molar-refractivity contribution is 6.32. The number of likely N-dealkylation sites (tertiary alicyclic amines) is 1. The van der Waals surface area contributed by atoms with Gasteiger partial charge in [-0.05, 0) is 55.3 Å². The molecule has 6 rings (SSSR count). The highest BCUT2D eigenvalue weighted by Crippen LogP contribution is 2.50. The number of nitrogens with one attached hydrogen (secondary N) is 1. The molecule has 1 aliphatic carbocycles. The summed E-state index contributed by atoms with van der Waals surface area (Å²) in [4.78, 5) is 26.7. The number of halogens is 1. The number of pyridine rings is 1. The van der Waals surface area contributed by atoms with E-state index in [-0.39, 0.29) is 12.3 Å². The molecule has 2 fully saturated rings. The summed E-state index contributed by atoms with van der Waals surface area (Å²) in [5.41, 5.74) is 2.30. The molecule has 2 aromatic heterocycles. The van der Waals surface area contributed by atoms with Gasteiger partial charge in [-0.15, -0.1) is 0 Å². The van der Waals surface area contributed by atoms with E-state index < -0.39 is 4.92 Å². The largest absolute Gasteiger partial charge is 0.486 e. The van der Waals surface area contributed by atoms with Crippen LogP contribution in [0.5, 0.6) is 5.75 Å². The zero-order chi connectivity index (χ0) is 26.2. The standard InChI is InChI=1S/C28H23ClN6O3/c1-34-13-22-20(23(22)14-34)7-5-17-10-25-21(12-26(17)35(36)37)28(32-16-31-25)33-18-6-8-27(24(29)11-18)38-15-19-4-2-3-9-30-19/h2-4,6,8-12,16,20,22-23H,13-15H2,1H3,(H,31,32,33)/t20?,22-,23+. The fraction of sp³-hybridized carbons (Fsp3) is 0.250. The summed E-state index contributed by atoms with van der Waals surface area (Å²) in [6.07, 6.45) is 3.12. The van der Waals surface area contributed by atoms with Gasteiger partial charge in [0.1, 0.15) is 30.1 Å². The van der Waals surface area contributed by atoms with Crippen LogP contribution < -0.4 is 10.1 Å². The number of fused-ring (bicyclic) bond motifs is 2. The number of hydrogen-bond donors (Lipinski definition) is 1. The second-order valence-electron chi connectivity index (χ2n) is 9.59. The van der Waals surface area contributed by atoms with Gasteiger partial charge in [-0.3, -0.25) is 15.1 Å². The number of nitro benzene ring substituents is 1. The summed E-state index contributed by atoms with van der Waals surface area (Å²) in [5.74, 6) is 8.74. The Hall–Kier alpha value is -4.26. The summed E-state index contributed by atoms with van der Waals surface area (Å²) in [7, 11) is 2.11. The van der Waals surface area contributed by atoms with Gasteiger partial charge >= 0.3 is 0 Å². The maximum absolute atomic E-state index is 11.9. The Morgan fingerprint density at radius 2 is 2.00 bits per heavy atom. The third-order valence-electron chi connectivity index (χ3n) is 7.00. The molecule has 10 heteroatoms. The van der Waals surface area contributed by atoms with Gasteiger partial charge < -0.3 is 15.0 Å². The van der Waals surface area contributed by atoms with Gasteiger partial charge in [-0.25, -0.2) is 9.97 Å². The number of benzene rings is 2. The summed E-state index contributed by atoms with van der Waals surface area (Å²) in [6.45, 7) is 2.36. The lowest BCUT2D eigenvalue weighted by atomic mass is 10.1. The van der Waals surface area contributed by atoms with Gasteiger partial charge in [0, 0.05) is 42.3 Å². The molecule has 3 atom stereocenters. The van der Waals surface area contributed by atoms with Crippen LogP contribution in [0.4, 0.5) is 17.2 Å². The fourth-order valence-corrected chi connectivity index (χ4v) is 5.26. The Morgan fingerprint density at radius 3 is 2.74 bits per heavy atom. The SMILES string of the molecule is CN1C[C@@H]2C(C#Cc3cc4ncnc(Nc5ccc(OCc6ccccn6)c(Cl)c5)c4cc3[N+](=O)[O-])[C@@H]2C1. The summed E-state index contributed by atoms with van der Waals surface area (Å²) < 4.78 is 5.79. The maximum atomic E-state index is 11.9. The number of piperidine rings is 1. The molecule has 2 aliphatic rings. The molecule has 1 unspecified atom stereocenters. The Morgan fingerprint density at radius 1 is 1.16 bits per heavy atom. The molecular weight excluding hydrogens is 504 g/mol. The highest BCUT2D eigenvalue weighted by atomic mass is 35.5. The van der Waals surface area contributed by atoms with E-state index >= 15 is 0 Å². The molecule has 0 spiro atoms. The van der Waals surface area contributed by atoms with Gasteiger partial charge in [0.2, 0.25) is 0 Å². The lowest BCUT2D eigenvalue weighted by molar-refractivity contribution is -0.385. The third-order valence-corrected chi connectivity index (χ3v) is 7.29. The van der Waals surface area contributed by atoms with Crippen LogP contribution >= 0.6 is 11.6 Å². The van der Waals surface area contributed by atoms with Crippen molar-refractivity contribution in [2.75, 3.05) is 25.5 Å². The molecule has 1 N–H and O–H groups in total. The van der Waals surface area contributed by atoms with Crippen LogP contribution in [0.1, 0.15) is 11.3 Å². The molecule has 9 nitrogen and oxygen atoms in total. The molecule has 0 radical (unpaired) electrons. The zero-order valence-electron chi connectivity index (χ0n) is 20.5. The van der Waals surface area contributed by atoms with E-state index in [1.807, 2.05) is 18.2 Å². The lowest BCUT2D eigenvalue weighted by Gasteiger charge is -2.12. The first-order valence-electron chi connectivity index (χ1n) is 12.2. The van der Waals surface area contributed by atoms with E-state index in [1.54, 1.807) is 30.5 Å². The van der Waals surface area contributed by atoms with Crippen LogP contribution in [0.15, 0.2) is 61.1 Å². The molecule has 0 bridgehead atoms. The van der Waals surface area contributed by atoms with E-state index in [0.717, 1.165) is 18.8 Å². The first kappa shape index (κ1) is 24.1. The van der Waals surface area contributed by atoms with Crippen LogP contribution in [-0.4, -0.2) is 44.9 Å². The third kappa shape index (κ3) is 4.84. The van der Waals surface area contributed by atoms with E-state index in [0.29, 0.717) is 56.5 Å². The summed E-state index contributed by atoms with van der Waals surface area (Å²) in [6, 6.07) is 14.0. The van der Waals surface area contributed by atoms with Crippen molar-refractivity contribution >= 4 is 39.7 Å². The predicted molar refractivity (Wildman–Crippen MR) is 144 cm³/mol. The van der Waals surface area contributed by atoms with Crippen molar-refractivity contribution in [1.29, 1.82) is 0 Å². The van der Waals surface area contributed by atoms with Crippen LogP contribution in [0, 0.1) is 39.7 Å². The normalized spacial score (nSPS) is 19.9. The second kappa shape index (κ2) is 9.89. The van der Waals surface area contributed by atoms with Crippen LogP contribution in [0.3, 0.4) is 0 Å². The van der Waals surface area contributed by atoms with Gasteiger partial charge in [0.25, 0.3) is 5.69 Å². The smallest absolute Gasteiger partial charge is 0.285 e. The van der Waals surface area contributed by atoms with E-state index in [1.165, 1.54) is 12.4 Å². The van der Waals surface area contributed by atoms with Gasteiger partial charge in [0.15, 0.2) is 0 Å². The number of nitrogens with zero attached hydrogens (tertiary/aromatic N) is 5. The van der Waals surface area contributed by atoms with Crippen molar-refractivity contribution in [2.24, 2.45) is 17.8 Å². The Bertz CT molecular complexity index is 1590. The summed E-state index contributed by atoms with van der Waals surface area (Å²) >= 11 is 6.45. The molecule has 1 aliphatic heterocycles. The summed E-state index contributed by atoms with van der Waals surface area (Å²) in [5, 5.41) is 16.0. The Labute approximate surface area is 224 Å². The predicted octanol–water partition coefficient (Wildman–Crippen LogP) is 5.07. The topological polar surface area (TPSA) is 106 Å². The first-order chi connectivity index (χ1) is 18.5. The first-order valence-corrected chi connectivity index (χ1v) is 12.6. The van der Waals surface area contributed by atoms with Crippen molar-refractivity contribution in [3.8, 4) is 17.6 Å². The number of ether oxygens (including phenoxy) is 1. The van der Waals surface area contributed by atoms with E-state index in [4.69, 9.17) is 16.3 Å². The van der Waals surface area contributed by atoms with Crippen molar-refractivity contribution in [1.82, 2.24) is 19.9 Å². The van der Waals surface area contributed by atoms with Gasteiger partial charge in [-0.2, -0.15) is 0 Å². The Kier molecular flexibility index (Phi) is 6.27. The number of nitro groups is 1. The molecule has 3 heterocycles. The number of rotatable bonds is 6. The lowest BCUT2D eigenvalue weighted by Crippen LogP contribution is -2.18. The molecule has 2 aromatic carbocycles. The minimum Gasteiger partial charge on any atom is -0.486 e. The quantitative estimate of drug-likeness (QED) is 0.211. The van der Waals surface area contributed by atoms with Crippen LogP contribution in [0.2, 0.25) is 5.02 Å². The van der Waals surface area contributed by atoms with E-state index in [2.05, 4.69) is 44.1 Å². The molecule has 38 heavy (non-hydrogen) atoms. The average molecular weight is 527 g/mol. The molecule has 0 amide bonds.